The molecule has 2 N–H and O–H groups in total. The number of pyridine rings is 1. The second kappa shape index (κ2) is 6.56. The second-order valence-corrected chi connectivity index (χ2v) is 4.37. The molecule has 1 aromatic carbocycles. The Morgan fingerprint density at radius 2 is 2.05 bits per heavy atom. The van der Waals surface area contributed by atoms with Gasteiger partial charge in [-0.15, -0.1) is 0 Å². The molecular formula is C15H16N2O3. The van der Waals surface area contributed by atoms with Crippen LogP contribution in [0.4, 0.5) is 5.69 Å². The van der Waals surface area contributed by atoms with E-state index in [0.29, 0.717) is 12.2 Å². The van der Waals surface area contributed by atoms with Crippen LogP contribution in [0, 0.1) is 0 Å². The number of nitrogens with zero attached hydrogens (tertiary/aromatic N) is 1. The van der Waals surface area contributed by atoms with Gasteiger partial charge < -0.3 is 15.0 Å². The molecule has 0 amide bonds. The van der Waals surface area contributed by atoms with Crippen molar-refractivity contribution < 1.29 is 9.53 Å². The van der Waals surface area contributed by atoms with E-state index in [9.17, 15) is 9.59 Å². The average molecular weight is 272 g/mol. The summed E-state index contributed by atoms with van der Waals surface area (Å²) in [4.78, 5) is 23.1. The summed E-state index contributed by atoms with van der Waals surface area (Å²) in [7, 11) is 0. The van der Waals surface area contributed by atoms with Gasteiger partial charge in [0.05, 0.1) is 13.0 Å². The molecule has 0 fully saturated rings. The number of hydrogen-bond acceptors (Lipinski definition) is 4. The number of nitrogen functional groups attached to an aromatic ring is 1. The number of hydrogen-bond donors (Lipinski definition) is 1. The summed E-state index contributed by atoms with van der Waals surface area (Å²) < 4.78 is 6.60. The van der Waals surface area contributed by atoms with Gasteiger partial charge in [-0.05, 0) is 23.8 Å². The summed E-state index contributed by atoms with van der Waals surface area (Å²) in [5.74, 6) is -0.334. The van der Waals surface area contributed by atoms with Gasteiger partial charge in [-0.2, -0.15) is 0 Å². The third kappa shape index (κ3) is 3.98. The van der Waals surface area contributed by atoms with Gasteiger partial charge in [0.2, 0.25) is 0 Å². The summed E-state index contributed by atoms with van der Waals surface area (Å²) in [6.07, 6.45) is 1.84. The predicted octanol–water partition coefficient (Wildman–Crippen LogP) is 1.22. The molecule has 5 heteroatoms. The first-order valence-corrected chi connectivity index (χ1v) is 6.30. The van der Waals surface area contributed by atoms with Crippen molar-refractivity contribution in [1.82, 2.24) is 4.57 Å². The van der Waals surface area contributed by atoms with Crippen LogP contribution >= 0.6 is 0 Å². The molecule has 0 aliphatic carbocycles. The van der Waals surface area contributed by atoms with E-state index in [1.165, 1.54) is 10.6 Å². The van der Waals surface area contributed by atoms with Crippen molar-refractivity contribution >= 4 is 11.7 Å². The van der Waals surface area contributed by atoms with Gasteiger partial charge in [-0.3, -0.25) is 9.59 Å². The summed E-state index contributed by atoms with van der Waals surface area (Å²) in [5, 5.41) is 0. The number of benzene rings is 1. The van der Waals surface area contributed by atoms with E-state index >= 15 is 0 Å². The Balaban J connectivity index is 1.81. The molecule has 0 unspecified atom stereocenters. The lowest BCUT2D eigenvalue weighted by Crippen LogP contribution is -2.21. The second-order valence-electron chi connectivity index (χ2n) is 4.37. The monoisotopic (exact) mass is 272 g/mol. The number of carbonyl (C=O) groups excluding carboxylic acids is 1. The quantitative estimate of drug-likeness (QED) is 0.656. The Morgan fingerprint density at radius 3 is 2.80 bits per heavy atom. The normalized spacial score (nSPS) is 10.2. The highest BCUT2D eigenvalue weighted by atomic mass is 16.5. The first kappa shape index (κ1) is 13.9. The Hall–Kier alpha value is -2.56. The molecule has 1 heterocycles. The molecule has 0 saturated carbocycles. The molecular weight excluding hydrogens is 256 g/mol. The minimum absolute atomic E-state index is 0.112. The van der Waals surface area contributed by atoms with Gasteiger partial charge in [0.15, 0.2) is 0 Å². The van der Waals surface area contributed by atoms with Crippen molar-refractivity contribution in [2.75, 3.05) is 12.3 Å². The lowest BCUT2D eigenvalue weighted by atomic mass is 10.1. The van der Waals surface area contributed by atoms with Crippen LogP contribution in [-0.4, -0.2) is 17.1 Å². The van der Waals surface area contributed by atoms with Gasteiger partial charge in [0.25, 0.3) is 5.56 Å². The minimum atomic E-state index is -0.334. The summed E-state index contributed by atoms with van der Waals surface area (Å²) in [6, 6.07) is 12.0. The van der Waals surface area contributed by atoms with Crippen LogP contribution in [0.2, 0.25) is 0 Å². The van der Waals surface area contributed by atoms with E-state index in [1.54, 1.807) is 36.5 Å². The third-order valence-electron chi connectivity index (χ3n) is 2.79. The molecule has 0 saturated heterocycles. The Morgan fingerprint density at radius 1 is 1.20 bits per heavy atom. The summed E-state index contributed by atoms with van der Waals surface area (Å²) in [5.41, 5.74) is 6.95. The Kier molecular flexibility index (Phi) is 4.55. The third-order valence-corrected chi connectivity index (χ3v) is 2.79. The maximum absolute atomic E-state index is 11.6. The first-order valence-electron chi connectivity index (χ1n) is 6.30. The van der Waals surface area contributed by atoms with Crippen molar-refractivity contribution in [3.8, 4) is 0 Å². The van der Waals surface area contributed by atoms with E-state index in [1.807, 2.05) is 6.07 Å². The van der Waals surface area contributed by atoms with E-state index in [2.05, 4.69) is 0 Å². The number of rotatable bonds is 5. The largest absolute Gasteiger partial charge is 0.464 e. The van der Waals surface area contributed by atoms with E-state index in [-0.39, 0.29) is 24.6 Å². The molecule has 0 radical (unpaired) electrons. The fraction of sp³-hybridized carbons (Fsp3) is 0.200. The van der Waals surface area contributed by atoms with Crippen molar-refractivity contribution in [1.29, 1.82) is 0 Å². The lowest BCUT2D eigenvalue weighted by molar-refractivity contribution is -0.143. The van der Waals surface area contributed by atoms with Gasteiger partial charge in [0, 0.05) is 18.0 Å². The number of nitrogens with two attached hydrogens (primary N) is 1. The lowest BCUT2D eigenvalue weighted by Gasteiger charge is -2.07. The number of ether oxygens (including phenoxy) is 1. The zero-order chi connectivity index (χ0) is 14.4. The maximum atomic E-state index is 11.6. The van der Waals surface area contributed by atoms with Gasteiger partial charge >= 0.3 is 5.97 Å². The van der Waals surface area contributed by atoms with Crippen LogP contribution in [0.25, 0.3) is 0 Å². The Bertz CT molecular complexity index is 649. The highest BCUT2D eigenvalue weighted by Crippen LogP contribution is 2.07. The fourth-order valence-corrected chi connectivity index (χ4v) is 1.82. The highest BCUT2D eigenvalue weighted by molar-refractivity contribution is 5.72. The summed E-state index contributed by atoms with van der Waals surface area (Å²) in [6.45, 7) is 0.521. The SMILES string of the molecule is Nc1cccc(CC(=O)OCCn2ccccc2=O)c1. The molecule has 1 aromatic heterocycles. The van der Waals surface area contributed by atoms with Crippen molar-refractivity contribution in [3.05, 3.63) is 64.6 Å². The minimum Gasteiger partial charge on any atom is -0.464 e. The molecule has 0 aliphatic heterocycles. The molecule has 2 aromatic rings. The molecule has 0 atom stereocenters. The fourth-order valence-electron chi connectivity index (χ4n) is 1.82. The van der Waals surface area contributed by atoms with Crippen LogP contribution in [0.3, 0.4) is 0 Å². The maximum Gasteiger partial charge on any atom is 0.310 e. The molecule has 0 bridgehead atoms. The van der Waals surface area contributed by atoms with Crippen molar-refractivity contribution in [2.24, 2.45) is 0 Å². The molecule has 2 rings (SSSR count). The van der Waals surface area contributed by atoms with Crippen LogP contribution < -0.4 is 11.3 Å². The van der Waals surface area contributed by atoms with Crippen LogP contribution in [0.1, 0.15) is 5.56 Å². The van der Waals surface area contributed by atoms with Gasteiger partial charge in [0.1, 0.15) is 6.61 Å². The van der Waals surface area contributed by atoms with Crippen LogP contribution in [0.5, 0.6) is 0 Å². The average Bonchev–Trinajstić information content (AvgIpc) is 2.41. The van der Waals surface area contributed by atoms with E-state index in [0.717, 1.165) is 5.56 Å². The molecule has 0 aliphatic rings. The van der Waals surface area contributed by atoms with Crippen molar-refractivity contribution in [2.45, 2.75) is 13.0 Å². The van der Waals surface area contributed by atoms with Crippen LogP contribution in [0.15, 0.2) is 53.5 Å². The zero-order valence-corrected chi connectivity index (χ0v) is 11.0. The topological polar surface area (TPSA) is 74.3 Å². The molecule has 104 valence electrons. The first-order chi connectivity index (χ1) is 9.65. The highest BCUT2D eigenvalue weighted by Gasteiger charge is 2.05. The summed E-state index contributed by atoms with van der Waals surface area (Å²) >= 11 is 0. The number of aromatic nitrogens is 1. The predicted molar refractivity (Wildman–Crippen MR) is 76.2 cm³/mol. The zero-order valence-electron chi connectivity index (χ0n) is 11.0. The number of esters is 1. The Labute approximate surface area is 116 Å². The number of anilines is 1. The van der Waals surface area contributed by atoms with E-state index in [4.69, 9.17) is 10.5 Å². The van der Waals surface area contributed by atoms with Gasteiger partial charge in [-0.1, -0.05) is 18.2 Å². The van der Waals surface area contributed by atoms with E-state index < -0.39 is 0 Å². The van der Waals surface area contributed by atoms with Crippen LogP contribution in [-0.2, 0) is 22.5 Å². The molecule has 20 heavy (non-hydrogen) atoms. The standard InChI is InChI=1S/C15H16N2O3/c16-13-5-3-4-12(10-13)11-15(19)20-9-8-17-7-2-1-6-14(17)18/h1-7,10H,8-9,11,16H2. The smallest absolute Gasteiger partial charge is 0.310 e. The number of carbonyl (C=O) groups is 1. The van der Waals surface area contributed by atoms with Crippen molar-refractivity contribution in [3.63, 3.8) is 0 Å². The molecule has 5 nitrogen and oxygen atoms in total. The molecule has 0 spiro atoms. The van der Waals surface area contributed by atoms with Gasteiger partial charge in [-0.25, -0.2) is 0 Å².